The number of ether oxygens (including phenoxy) is 1. The van der Waals surface area contributed by atoms with Gasteiger partial charge in [-0.05, 0) is 111 Å². The van der Waals surface area contributed by atoms with Gasteiger partial charge in [-0.1, -0.05) is 74.4 Å². The van der Waals surface area contributed by atoms with E-state index in [0.717, 1.165) is 36.7 Å². The molecule has 0 atom stereocenters. The van der Waals surface area contributed by atoms with Crippen LogP contribution in [0.4, 0.5) is 8.78 Å². The van der Waals surface area contributed by atoms with Crippen molar-refractivity contribution in [3.05, 3.63) is 83.4 Å². The molecule has 3 heteroatoms. The van der Waals surface area contributed by atoms with Gasteiger partial charge >= 0.3 is 6.11 Å². The monoisotopic (exact) mass is 508 g/mol. The fraction of sp³-hybridized carbons (Fsp3) is 0.588. The Balaban J connectivity index is 1.21. The molecule has 2 saturated carbocycles. The molecule has 0 unspecified atom stereocenters. The van der Waals surface area contributed by atoms with Gasteiger partial charge in [-0.25, -0.2) is 0 Å². The second-order valence-corrected chi connectivity index (χ2v) is 11.6. The number of alkyl halides is 2. The number of hydrogen-bond acceptors (Lipinski definition) is 1. The lowest BCUT2D eigenvalue weighted by atomic mass is 9.77. The first-order valence-corrected chi connectivity index (χ1v) is 14.8. The van der Waals surface area contributed by atoms with Gasteiger partial charge < -0.3 is 4.74 Å². The van der Waals surface area contributed by atoms with Gasteiger partial charge in [0.05, 0.1) is 12.2 Å². The van der Waals surface area contributed by atoms with Crippen LogP contribution in [0.1, 0.15) is 118 Å². The van der Waals surface area contributed by atoms with E-state index in [-0.39, 0.29) is 12.2 Å². The Morgan fingerprint density at radius 1 is 0.784 bits per heavy atom. The van der Waals surface area contributed by atoms with Crippen LogP contribution in [0.2, 0.25) is 0 Å². The van der Waals surface area contributed by atoms with Crippen LogP contribution in [-0.4, -0.2) is 6.61 Å². The van der Waals surface area contributed by atoms with Crippen molar-refractivity contribution in [2.75, 3.05) is 6.61 Å². The highest BCUT2D eigenvalue weighted by Gasteiger charge is 2.33. The Labute approximate surface area is 223 Å². The van der Waals surface area contributed by atoms with E-state index >= 15 is 0 Å². The molecular weight excluding hydrogens is 462 g/mol. The maximum atomic E-state index is 14.8. The summed E-state index contributed by atoms with van der Waals surface area (Å²) in [6.45, 7) is 6.10. The minimum atomic E-state index is -3.27. The van der Waals surface area contributed by atoms with Gasteiger partial charge in [0.1, 0.15) is 0 Å². The smallest absolute Gasteiger partial charge is 0.316 e. The average molecular weight is 509 g/mol. The van der Waals surface area contributed by atoms with Crippen LogP contribution < -0.4 is 0 Å². The number of hydrogen-bond donors (Lipinski definition) is 0. The zero-order valence-electron chi connectivity index (χ0n) is 22.8. The highest BCUT2D eigenvalue weighted by atomic mass is 19.3. The molecular formula is C34H46F2O. The van der Waals surface area contributed by atoms with Crippen molar-refractivity contribution in [3.63, 3.8) is 0 Å². The van der Waals surface area contributed by atoms with Gasteiger partial charge in [0.2, 0.25) is 0 Å². The maximum Gasteiger partial charge on any atom is 0.383 e. The molecule has 2 aromatic carbocycles. The predicted octanol–water partition coefficient (Wildman–Crippen LogP) is 10.3. The Morgan fingerprint density at radius 2 is 1.30 bits per heavy atom. The van der Waals surface area contributed by atoms with Gasteiger partial charge in [0.15, 0.2) is 0 Å². The minimum absolute atomic E-state index is 0.00491. The van der Waals surface area contributed by atoms with E-state index in [1.165, 1.54) is 68.9 Å². The first kappa shape index (κ1) is 28.0. The molecule has 202 valence electrons. The number of rotatable bonds is 12. The summed E-state index contributed by atoms with van der Waals surface area (Å²) < 4.78 is 34.6. The van der Waals surface area contributed by atoms with E-state index in [4.69, 9.17) is 4.74 Å². The molecule has 0 N–H and O–H groups in total. The second-order valence-electron chi connectivity index (χ2n) is 11.6. The van der Waals surface area contributed by atoms with Crippen LogP contribution in [0.5, 0.6) is 0 Å². The van der Waals surface area contributed by atoms with Gasteiger partial charge in [0.25, 0.3) is 0 Å². The zero-order valence-corrected chi connectivity index (χ0v) is 22.8. The highest BCUT2D eigenvalue weighted by molar-refractivity contribution is 5.28. The van der Waals surface area contributed by atoms with Crippen LogP contribution in [0.3, 0.4) is 0 Å². The van der Waals surface area contributed by atoms with E-state index in [9.17, 15) is 8.78 Å². The van der Waals surface area contributed by atoms with Gasteiger partial charge in [-0.15, -0.1) is 6.58 Å². The summed E-state index contributed by atoms with van der Waals surface area (Å²) in [4.78, 5) is 0. The second kappa shape index (κ2) is 13.7. The molecule has 0 saturated heterocycles. The summed E-state index contributed by atoms with van der Waals surface area (Å²) in [6.07, 6.45) is 14.1. The zero-order chi connectivity index (χ0) is 26.1. The number of halogens is 2. The molecule has 2 fully saturated rings. The third-order valence-corrected chi connectivity index (χ3v) is 9.01. The molecule has 0 spiro atoms. The van der Waals surface area contributed by atoms with Crippen molar-refractivity contribution < 1.29 is 13.5 Å². The third-order valence-electron chi connectivity index (χ3n) is 9.01. The first-order valence-electron chi connectivity index (χ1n) is 14.8. The fourth-order valence-corrected chi connectivity index (χ4v) is 6.62. The molecule has 0 amide bonds. The molecule has 37 heavy (non-hydrogen) atoms. The maximum absolute atomic E-state index is 14.8. The average Bonchev–Trinajstić information content (AvgIpc) is 2.93. The van der Waals surface area contributed by atoms with E-state index in [2.05, 4.69) is 37.8 Å². The van der Waals surface area contributed by atoms with Crippen LogP contribution in [0.15, 0.2) is 61.2 Å². The standard InChI is InChI=1S/C34H46F2O/c1-3-5-7-27-10-16-31(17-11-27)32-20-22-33(23-21-32)34(35,36)37-25-24-28-12-18-30(19-13-28)29-14-8-26(6-4-2)9-15-29/h3,12-13,18-23,26-27,29,31H,1,4-11,14-17,24-25H2,2H3/t26-,27-,29-,31-. The van der Waals surface area contributed by atoms with E-state index in [1.807, 2.05) is 18.2 Å². The lowest BCUT2D eigenvalue weighted by Gasteiger charge is -2.29. The Kier molecular flexibility index (Phi) is 10.4. The number of allylic oxidation sites excluding steroid dienone is 1. The van der Waals surface area contributed by atoms with Gasteiger partial charge in [-0.2, -0.15) is 8.78 Å². The molecule has 2 aromatic rings. The summed E-state index contributed by atoms with van der Waals surface area (Å²) in [5.41, 5.74) is 3.58. The summed E-state index contributed by atoms with van der Waals surface area (Å²) >= 11 is 0. The predicted molar refractivity (Wildman–Crippen MR) is 150 cm³/mol. The van der Waals surface area contributed by atoms with Gasteiger partial charge in [0, 0.05) is 0 Å². The third kappa shape index (κ3) is 7.99. The van der Waals surface area contributed by atoms with Crippen LogP contribution in [-0.2, 0) is 17.3 Å². The largest absolute Gasteiger partial charge is 0.383 e. The van der Waals surface area contributed by atoms with Crippen molar-refractivity contribution in [1.82, 2.24) is 0 Å². The molecule has 0 aliphatic heterocycles. The molecule has 2 aliphatic carbocycles. The van der Waals surface area contributed by atoms with Crippen molar-refractivity contribution >= 4 is 0 Å². The minimum Gasteiger partial charge on any atom is -0.316 e. The van der Waals surface area contributed by atoms with Crippen molar-refractivity contribution in [2.45, 2.75) is 108 Å². The normalized spacial score (nSPS) is 24.6. The molecule has 0 heterocycles. The summed E-state index contributed by atoms with van der Waals surface area (Å²) in [5.74, 6) is 2.83. The SMILES string of the molecule is C=CCC[C@H]1CC[C@H](c2ccc(C(F)(F)OCCc3ccc([C@H]4CC[C@H](CCC)CC4)cc3)cc2)CC1. The Hall–Kier alpha value is -2.00. The summed E-state index contributed by atoms with van der Waals surface area (Å²) in [7, 11) is 0. The molecule has 0 bridgehead atoms. The van der Waals surface area contributed by atoms with Crippen LogP contribution >= 0.6 is 0 Å². The summed E-state index contributed by atoms with van der Waals surface area (Å²) in [5, 5.41) is 0. The van der Waals surface area contributed by atoms with Crippen LogP contribution in [0, 0.1) is 11.8 Å². The van der Waals surface area contributed by atoms with E-state index in [1.54, 1.807) is 12.1 Å². The Bertz CT molecular complexity index is 933. The quantitative estimate of drug-likeness (QED) is 0.259. The van der Waals surface area contributed by atoms with E-state index < -0.39 is 6.11 Å². The first-order chi connectivity index (χ1) is 18.0. The molecule has 0 aromatic heterocycles. The Morgan fingerprint density at radius 3 is 1.81 bits per heavy atom. The molecule has 2 aliphatic rings. The van der Waals surface area contributed by atoms with Crippen molar-refractivity contribution in [2.24, 2.45) is 11.8 Å². The molecule has 1 nitrogen and oxygen atoms in total. The van der Waals surface area contributed by atoms with Crippen molar-refractivity contribution in [3.8, 4) is 0 Å². The van der Waals surface area contributed by atoms with E-state index in [0.29, 0.717) is 18.3 Å². The fourth-order valence-electron chi connectivity index (χ4n) is 6.62. The highest BCUT2D eigenvalue weighted by Crippen LogP contribution is 2.39. The number of benzene rings is 2. The lowest BCUT2D eigenvalue weighted by Crippen LogP contribution is -2.20. The molecule has 0 radical (unpaired) electrons. The van der Waals surface area contributed by atoms with Crippen molar-refractivity contribution in [1.29, 1.82) is 0 Å². The topological polar surface area (TPSA) is 9.23 Å². The lowest BCUT2D eigenvalue weighted by molar-refractivity contribution is -0.248. The van der Waals surface area contributed by atoms with Gasteiger partial charge in [-0.3, -0.25) is 0 Å². The van der Waals surface area contributed by atoms with Crippen LogP contribution in [0.25, 0.3) is 0 Å². The molecule has 4 rings (SSSR count). The summed E-state index contributed by atoms with van der Waals surface area (Å²) in [6, 6.07) is 15.5.